The van der Waals surface area contributed by atoms with Crippen molar-refractivity contribution in [2.75, 3.05) is 17.3 Å². The largest absolute Gasteiger partial charge is 0.385 e. The zero-order chi connectivity index (χ0) is 11.3. The number of aromatic nitrogens is 1. The fourth-order valence-corrected chi connectivity index (χ4v) is 0.912. The minimum absolute atomic E-state index is 0.265. The molecule has 0 saturated carbocycles. The van der Waals surface area contributed by atoms with Gasteiger partial charge in [-0.1, -0.05) is 6.07 Å². The molecule has 0 bridgehead atoms. The molecule has 1 rings (SSSR count). The van der Waals surface area contributed by atoms with Gasteiger partial charge in [-0.3, -0.25) is 0 Å². The van der Waals surface area contributed by atoms with Gasteiger partial charge in [-0.05, 0) is 12.1 Å². The van der Waals surface area contributed by atoms with E-state index in [0.717, 1.165) is 0 Å². The topological polar surface area (TPSA) is 83.2 Å². The Morgan fingerprint density at radius 2 is 2.07 bits per heavy atom. The van der Waals surface area contributed by atoms with Crippen LogP contribution in [0.4, 0.5) is 20.4 Å². The molecule has 0 aliphatic heterocycles. The number of rotatable bonds is 5. The molecule has 0 fully saturated rings. The van der Waals surface area contributed by atoms with Crippen LogP contribution in [0.2, 0.25) is 0 Å². The van der Waals surface area contributed by atoms with E-state index in [4.69, 9.17) is 10.9 Å². The Bertz CT molecular complexity index is 310. The molecule has 5 nitrogen and oxygen atoms in total. The van der Waals surface area contributed by atoms with Crippen molar-refractivity contribution in [3.8, 4) is 0 Å². The number of nitrogens with one attached hydrogen (secondary N) is 2. The van der Waals surface area contributed by atoms with Crippen LogP contribution in [-0.4, -0.2) is 29.2 Å². The lowest BCUT2D eigenvalue weighted by molar-refractivity contribution is 0.00381. The number of hydrogen-bond donors (Lipinski definition) is 4. The minimum atomic E-state index is -2.77. The second-order valence-electron chi connectivity index (χ2n) is 2.84. The maximum Gasteiger partial charge on any atom is 0.265 e. The van der Waals surface area contributed by atoms with Crippen molar-refractivity contribution in [2.45, 2.75) is 12.5 Å². The van der Waals surface area contributed by atoms with E-state index in [0.29, 0.717) is 11.6 Å². The number of aliphatic hydroxyl groups excluding tert-OH is 1. The molecule has 1 heterocycles. The van der Waals surface area contributed by atoms with Crippen molar-refractivity contribution in [2.24, 2.45) is 5.84 Å². The first-order chi connectivity index (χ1) is 7.13. The second kappa shape index (κ2) is 5.42. The lowest BCUT2D eigenvalue weighted by Gasteiger charge is -2.11. The highest BCUT2D eigenvalue weighted by Crippen LogP contribution is 2.08. The third-order valence-corrected chi connectivity index (χ3v) is 1.68. The van der Waals surface area contributed by atoms with Gasteiger partial charge in [0.2, 0.25) is 0 Å². The van der Waals surface area contributed by atoms with Gasteiger partial charge in [0.15, 0.2) is 0 Å². The zero-order valence-corrected chi connectivity index (χ0v) is 7.82. The van der Waals surface area contributed by atoms with Gasteiger partial charge in [0.05, 0.1) is 0 Å². The Labute approximate surface area is 85.3 Å². The maximum absolute atomic E-state index is 11.9. The number of nitrogens with zero attached hydrogens (tertiary/aromatic N) is 1. The van der Waals surface area contributed by atoms with Crippen LogP contribution in [0, 0.1) is 0 Å². The first-order valence-corrected chi connectivity index (χ1v) is 4.27. The van der Waals surface area contributed by atoms with Crippen LogP contribution in [-0.2, 0) is 0 Å². The van der Waals surface area contributed by atoms with E-state index in [9.17, 15) is 8.78 Å². The molecule has 7 heteroatoms. The smallest absolute Gasteiger partial charge is 0.265 e. The van der Waals surface area contributed by atoms with Crippen LogP contribution in [0.25, 0.3) is 0 Å². The molecule has 0 aliphatic carbocycles. The van der Waals surface area contributed by atoms with Crippen molar-refractivity contribution in [1.82, 2.24) is 4.98 Å². The van der Waals surface area contributed by atoms with Gasteiger partial charge in [-0.15, -0.1) is 0 Å². The van der Waals surface area contributed by atoms with Crippen LogP contribution in [0.3, 0.4) is 0 Å². The predicted octanol–water partition coefficient (Wildman–Crippen LogP) is 0.405. The van der Waals surface area contributed by atoms with Crippen molar-refractivity contribution < 1.29 is 13.9 Å². The van der Waals surface area contributed by atoms with Gasteiger partial charge in [0.1, 0.15) is 17.7 Å². The average Bonchev–Trinajstić information content (AvgIpc) is 2.26. The summed E-state index contributed by atoms with van der Waals surface area (Å²) in [5, 5.41) is 11.4. The molecular weight excluding hydrogens is 206 g/mol. The molecule has 0 aromatic carbocycles. The van der Waals surface area contributed by atoms with E-state index in [1.54, 1.807) is 18.2 Å². The van der Waals surface area contributed by atoms with Crippen LogP contribution >= 0.6 is 0 Å². The number of alkyl halides is 2. The monoisotopic (exact) mass is 218 g/mol. The highest BCUT2D eigenvalue weighted by Gasteiger charge is 2.16. The number of pyridine rings is 1. The molecule has 0 aliphatic rings. The Hall–Kier alpha value is -1.47. The van der Waals surface area contributed by atoms with Gasteiger partial charge in [0.25, 0.3) is 6.43 Å². The van der Waals surface area contributed by atoms with Crippen LogP contribution in [0.15, 0.2) is 18.2 Å². The lowest BCUT2D eigenvalue weighted by Crippen LogP contribution is -2.27. The quantitative estimate of drug-likeness (QED) is 0.425. The summed E-state index contributed by atoms with van der Waals surface area (Å²) in [6.07, 6.45) is -4.48. The standard InChI is InChI=1S/C8H12F2N4O/c9-8(10)5(15)4-12-6-2-1-3-7(13-6)14-11/h1-3,5,8,15H,4,11H2,(H2,12,13,14). The predicted molar refractivity (Wildman–Crippen MR) is 52.5 cm³/mol. The minimum Gasteiger partial charge on any atom is -0.385 e. The van der Waals surface area contributed by atoms with E-state index >= 15 is 0 Å². The number of nitrogen functional groups attached to an aromatic ring is 1. The molecule has 0 saturated heterocycles. The molecule has 0 amide bonds. The van der Waals surface area contributed by atoms with Gasteiger partial charge in [0, 0.05) is 6.54 Å². The number of anilines is 2. The summed E-state index contributed by atoms with van der Waals surface area (Å²) in [6, 6.07) is 4.85. The van der Waals surface area contributed by atoms with E-state index in [1.165, 1.54) is 0 Å². The van der Waals surface area contributed by atoms with E-state index in [2.05, 4.69) is 15.7 Å². The lowest BCUT2D eigenvalue weighted by atomic mass is 10.3. The van der Waals surface area contributed by atoms with E-state index in [1.807, 2.05) is 0 Å². The van der Waals surface area contributed by atoms with E-state index in [-0.39, 0.29) is 6.54 Å². The molecule has 0 spiro atoms. The fourth-order valence-electron chi connectivity index (χ4n) is 0.912. The number of halogens is 2. The number of hydrazine groups is 1. The third kappa shape index (κ3) is 3.64. The SMILES string of the molecule is NNc1cccc(NCC(O)C(F)F)n1. The molecule has 1 unspecified atom stereocenters. The molecule has 1 aromatic heterocycles. The molecular formula is C8H12F2N4O. The number of hydrogen-bond acceptors (Lipinski definition) is 5. The number of aliphatic hydroxyl groups is 1. The Kier molecular flexibility index (Phi) is 4.19. The zero-order valence-electron chi connectivity index (χ0n) is 7.82. The molecule has 84 valence electrons. The van der Waals surface area contributed by atoms with Crippen molar-refractivity contribution in [3.63, 3.8) is 0 Å². The van der Waals surface area contributed by atoms with Crippen LogP contribution < -0.4 is 16.6 Å². The Morgan fingerprint density at radius 1 is 1.40 bits per heavy atom. The molecule has 1 aromatic rings. The summed E-state index contributed by atoms with van der Waals surface area (Å²) in [4.78, 5) is 3.92. The van der Waals surface area contributed by atoms with Crippen LogP contribution in [0.5, 0.6) is 0 Å². The maximum atomic E-state index is 11.9. The first-order valence-electron chi connectivity index (χ1n) is 4.27. The van der Waals surface area contributed by atoms with Crippen molar-refractivity contribution >= 4 is 11.6 Å². The first kappa shape index (κ1) is 11.6. The van der Waals surface area contributed by atoms with Gasteiger partial charge in [-0.25, -0.2) is 19.6 Å². The summed E-state index contributed by atoms with van der Waals surface area (Å²) in [6.45, 7) is -0.265. The molecule has 1 atom stereocenters. The molecule has 5 N–H and O–H groups in total. The van der Waals surface area contributed by atoms with Gasteiger partial charge < -0.3 is 15.8 Å². The van der Waals surface area contributed by atoms with Crippen molar-refractivity contribution in [3.05, 3.63) is 18.2 Å². The fraction of sp³-hybridized carbons (Fsp3) is 0.375. The van der Waals surface area contributed by atoms with E-state index < -0.39 is 12.5 Å². The average molecular weight is 218 g/mol. The van der Waals surface area contributed by atoms with Gasteiger partial charge in [-0.2, -0.15) is 0 Å². The summed E-state index contributed by atoms with van der Waals surface area (Å²) >= 11 is 0. The van der Waals surface area contributed by atoms with Crippen molar-refractivity contribution in [1.29, 1.82) is 0 Å². The summed E-state index contributed by atoms with van der Waals surface area (Å²) in [7, 11) is 0. The Morgan fingerprint density at radius 3 is 2.67 bits per heavy atom. The summed E-state index contributed by atoms with van der Waals surface area (Å²) in [5.41, 5.74) is 2.32. The highest BCUT2D eigenvalue weighted by molar-refractivity contribution is 5.44. The van der Waals surface area contributed by atoms with Crippen LogP contribution in [0.1, 0.15) is 0 Å². The Balaban J connectivity index is 2.50. The second-order valence-corrected chi connectivity index (χ2v) is 2.84. The third-order valence-electron chi connectivity index (χ3n) is 1.68. The highest BCUT2D eigenvalue weighted by atomic mass is 19.3. The summed E-state index contributed by atoms with van der Waals surface area (Å²) < 4.78 is 23.9. The number of nitrogens with two attached hydrogens (primary N) is 1. The van der Waals surface area contributed by atoms with Gasteiger partial charge >= 0.3 is 0 Å². The normalized spacial score (nSPS) is 12.6. The molecule has 15 heavy (non-hydrogen) atoms. The summed E-state index contributed by atoms with van der Waals surface area (Å²) in [5.74, 6) is 5.89. The molecule has 0 radical (unpaired) electrons.